The topological polar surface area (TPSA) is 51.0 Å². The third kappa shape index (κ3) is 2.20. The lowest BCUT2D eigenvalue weighted by Gasteiger charge is -2.18. The third-order valence-electron chi connectivity index (χ3n) is 3.36. The zero-order valence-electron chi connectivity index (χ0n) is 10.5. The lowest BCUT2D eigenvalue weighted by molar-refractivity contribution is 0.289. The van der Waals surface area contributed by atoms with Crippen molar-refractivity contribution in [2.45, 2.75) is 32.2 Å². The first-order valence-electron chi connectivity index (χ1n) is 6.26. The molecule has 0 fully saturated rings. The van der Waals surface area contributed by atoms with Crippen molar-refractivity contribution in [3.63, 3.8) is 0 Å². The molecular weight excluding hydrogens is 248 g/mol. The molecule has 18 heavy (non-hydrogen) atoms. The predicted molar refractivity (Wildman–Crippen MR) is 76.7 cm³/mol. The molecule has 1 aliphatic rings. The van der Waals surface area contributed by atoms with E-state index in [1.54, 1.807) is 0 Å². The fourth-order valence-electron chi connectivity index (χ4n) is 2.68. The highest BCUT2D eigenvalue weighted by Gasteiger charge is 2.17. The molecule has 0 spiro atoms. The lowest BCUT2D eigenvalue weighted by Crippen LogP contribution is -2.17. The van der Waals surface area contributed by atoms with Crippen molar-refractivity contribution in [1.82, 2.24) is 4.98 Å². The van der Waals surface area contributed by atoms with Crippen molar-refractivity contribution >= 4 is 23.3 Å². The molecule has 98 valence electrons. The van der Waals surface area contributed by atoms with E-state index < -0.39 is 0 Å². The van der Waals surface area contributed by atoms with E-state index in [2.05, 4.69) is 23.3 Å². The summed E-state index contributed by atoms with van der Waals surface area (Å²) in [5, 5.41) is 1.33. The summed E-state index contributed by atoms with van der Waals surface area (Å²) in [4.78, 5) is 3.33. The van der Waals surface area contributed by atoms with Gasteiger partial charge in [0.25, 0.3) is 0 Å². The lowest BCUT2D eigenvalue weighted by atomic mass is 9.97. The van der Waals surface area contributed by atoms with Crippen LogP contribution >= 0.6 is 12.4 Å². The number of rotatable bonds is 2. The van der Waals surface area contributed by atoms with Crippen LogP contribution in [0, 0.1) is 0 Å². The van der Waals surface area contributed by atoms with Gasteiger partial charge in [0.05, 0.1) is 6.61 Å². The van der Waals surface area contributed by atoms with Crippen molar-refractivity contribution < 1.29 is 4.74 Å². The van der Waals surface area contributed by atoms with Gasteiger partial charge in [-0.3, -0.25) is 0 Å². The van der Waals surface area contributed by atoms with Gasteiger partial charge in [-0.1, -0.05) is 0 Å². The minimum Gasteiger partial charge on any atom is -0.493 e. The number of hydrogen-bond donors (Lipinski definition) is 2. The second-order valence-corrected chi connectivity index (χ2v) is 4.91. The Hall–Kier alpha value is -1.19. The number of nitrogens with one attached hydrogen (secondary N) is 1. The SMILES string of the molecule is C[C@@H](N)Cc1c[nH]c2ccc3c(c12)CCCO3.Cl. The van der Waals surface area contributed by atoms with Gasteiger partial charge in [-0.25, -0.2) is 0 Å². The maximum atomic E-state index is 5.91. The van der Waals surface area contributed by atoms with Gasteiger partial charge in [0.1, 0.15) is 5.75 Å². The van der Waals surface area contributed by atoms with Crippen molar-refractivity contribution in [1.29, 1.82) is 0 Å². The van der Waals surface area contributed by atoms with Gasteiger partial charge in [-0.05, 0) is 43.9 Å². The zero-order valence-corrected chi connectivity index (χ0v) is 11.3. The van der Waals surface area contributed by atoms with Gasteiger partial charge in [-0.2, -0.15) is 0 Å². The first kappa shape index (κ1) is 13.2. The van der Waals surface area contributed by atoms with Crippen LogP contribution in [0.25, 0.3) is 10.9 Å². The normalized spacial score (nSPS) is 15.7. The molecule has 0 radical (unpaired) electrons. The van der Waals surface area contributed by atoms with Crippen LogP contribution in [-0.2, 0) is 12.8 Å². The molecule has 1 aromatic heterocycles. The maximum Gasteiger partial charge on any atom is 0.123 e. The van der Waals surface area contributed by atoms with Crippen LogP contribution < -0.4 is 10.5 Å². The predicted octanol–water partition coefficient (Wildman–Crippen LogP) is 2.80. The Morgan fingerprint density at radius 1 is 1.44 bits per heavy atom. The molecule has 3 N–H and O–H groups in total. The van der Waals surface area contributed by atoms with Crippen LogP contribution in [0.3, 0.4) is 0 Å². The molecule has 3 nitrogen and oxygen atoms in total. The number of H-pyrrole nitrogens is 1. The van der Waals surface area contributed by atoms with E-state index in [0.29, 0.717) is 0 Å². The van der Waals surface area contributed by atoms with Crippen LogP contribution in [0.2, 0.25) is 0 Å². The summed E-state index contributed by atoms with van der Waals surface area (Å²) in [7, 11) is 0. The molecule has 1 aliphatic heterocycles. The molecule has 1 atom stereocenters. The van der Waals surface area contributed by atoms with Crippen molar-refractivity contribution in [2.24, 2.45) is 5.73 Å². The molecule has 4 heteroatoms. The Balaban J connectivity index is 0.00000120. The van der Waals surface area contributed by atoms with Crippen LogP contribution in [0.4, 0.5) is 0 Å². The second kappa shape index (κ2) is 5.21. The number of aryl methyl sites for hydroxylation is 1. The van der Waals surface area contributed by atoms with E-state index in [0.717, 1.165) is 31.6 Å². The Morgan fingerprint density at radius 3 is 3.06 bits per heavy atom. The fraction of sp³-hybridized carbons (Fsp3) is 0.429. The Labute approximate surface area is 113 Å². The van der Waals surface area contributed by atoms with Crippen LogP contribution in [0.1, 0.15) is 24.5 Å². The molecule has 0 saturated heterocycles. The van der Waals surface area contributed by atoms with E-state index in [9.17, 15) is 0 Å². The minimum atomic E-state index is 0. The largest absolute Gasteiger partial charge is 0.493 e. The summed E-state index contributed by atoms with van der Waals surface area (Å²) in [5.74, 6) is 1.05. The van der Waals surface area contributed by atoms with E-state index in [1.807, 2.05) is 6.92 Å². The number of aromatic amines is 1. The molecule has 0 amide bonds. The average molecular weight is 267 g/mol. The Bertz CT molecular complexity index is 548. The molecule has 1 aromatic carbocycles. The highest BCUT2D eigenvalue weighted by Crippen LogP contribution is 2.34. The zero-order chi connectivity index (χ0) is 11.8. The molecular formula is C14H19ClN2O. The number of nitrogens with two attached hydrogens (primary N) is 1. The Morgan fingerprint density at radius 2 is 2.28 bits per heavy atom. The van der Waals surface area contributed by atoms with E-state index in [1.165, 1.54) is 22.0 Å². The summed E-state index contributed by atoms with van der Waals surface area (Å²) in [6, 6.07) is 4.36. The number of fused-ring (bicyclic) bond motifs is 3. The highest BCUT2D eigenvalue weighted by molar-refractivity contribution is 5.89. The third-order valence-corrected chi connectivity index (χ3v) is 3.36. The summed E-state index contributed by atoms with van der Waals surface area (Å²) in [6.45, 7) is 2.89. The highest BCUT2D eigenvalue weighted by atomic mass is 35.5. The van der Waals surface area contributed by atoms with Crippen LogP contribution in [0.5, 0.6) is 5.75 Å². The van der Waals surface area contributed by atoms with Crippen molar-refractivity contribution in [2.75, 3.05) is 6.61 Å². The number of halogens is 1. The van der Waals surface area contributed by atoms with Crippen LogP contribution in [0.15, 0.2) is 18.3 Å². The average Bonchev–Trinajstić information content (AvgIpc) is 2.72. The van der Waals surface area contributed by atoms with Crippen LogP contribution in [-0.4, -0.2) is 17.6 Å². The van der Waals surface area contributed by atoms with Gasteiger partial charge in [0.15, 0.2) is 0 Å². The Kier molecular flexibility index (Phi) is 3.83. The van der Waals surface area contributed by atoms with Crippen molar-refractivity contribution in [3.05, 3.63) is 29.5 Å². The molecule has 2 aromatic rings. The van der Waals surface area contributed by atoms with E-state index >= 15 is 0 Å². The standard InChI is InChI=1S/C14H18N2O.ClH/c1-9(15)7-10-8-16-12-4-5-13-11(14(10)12)3-2-6-17-13;/h4-5,8-9,16H,2-3,6-7,15H2,1H3;1H/t9-;/m1./s1. The quantitative estimate of drug-likeness (QED) is 0.878. The molecule has 0 saturated carbocycles. The van der Waals surface area contributed by atoms with Crippen molar-refractivity contribution in [3.8, 4) is 5.75 Å². The fourth-order valence-corrected chi connectivity index (χ4v) is 2.68. The van der Waals surface area contributed by atoms with Gasteiger partial charge < -0.3 is 15.5 Å². The summed E-state index contributed by atoms with van der Waals surface area (Å²) < 4.78 is 5.72. The monoisotopic (exact) mass is 266 g/mol. The van der Waals surface area contributed by atoms with Gasteiger partial charge in [0.2, 0.25) is 0 Å². The summed E-state index contributed by atoms with van der Waals surface area (Å²) >= 11 is 0. The van der Waals surface area contributed by atoms with E-state index in [-0.39, 0.29) is 18.4 Å². The van der Waals surface area contributed by atoms with Gasteiger partial charge in [0, 0.05) is 28.7 Å². The number of benzene rings is 1. The van der Waals surface area contributed by atoms with Gasteiger partial charge in [-0.15, -0.1) is 12.4 Å². The molecule has 0 unspecified atom stereocenters. The summed E-state index contributed by atoms with van der Waals surface area (Å²) in [6.07, 6.45) is 5.21. The molecule has 3 rings (SSSR count). The first-order chi connectivity index (χ1) is 8.25. The van der Waals surface area contributed by atoms with E-state index in [4.69, 9.17) is 10.5 Å². The first-order valence-corrected chi connectivity index (χ1v) is 6.26. The van der Waals surface area contributed by atoms with Gasteiger partial charge >= 0.3 is 0 Å². The molecule has 2 heterocycles. The minimum absolute atomic E-state index is 0. The smallest absolute Gasteiger partial charge is 0.123 e. The second-order valence-electron chi connectivity index (χ2n) is 4.91. The molecule has 0 aliphatic carbocycles. The molecule has 0 bridgehead atoms. The number of ether oxygens (including phenoxy) is 1. The number of aromatic nitrogens is 1. The summed E-state index contributed by atoms with van der Waals surface area (Å²) in [5.41, 5.74) is 9.77. The maximum absolute atomic E-state index is 5.91. The number of hydrogen-bond acceptors (Lipinski definition) is 2.